The largest absolute Gasteiger partial charge is 0.311 e. The van der Waals surface area contributed by atoms with Gasteiger partial charge in [0.05, 0.1) is 0 Å². The smallest absolute Gasteiger partial charge is 0.0303 e. The molecule has 0 saturated carbocycles. The molecule has 0 saturated heterocycles. The van der Waals surface area contributed by atoms with Gasteiger partial charge in [0, 0.05) is 23.9 Å². The Morgan fingerprint density at radius 3 is 2.87 bits per heavy atom. The van der Waals surface area contributed by atoms with E-state index >= 15 is 0 Å². The minimum absolute atomic E-state index is 0.543. The molecule has 1 aliphatic rings. The van der Waals surface area contributed by atoms with Gasteiger partial charge in [0.25, 0.3) is 0 Å². The summed E-state index contributed by atoms with van der Waals surface area (Å²) < 4.78 is 0. The van der Waals surface area contributed by atoms with E-state index < -0.39 is 0 Å². The average Bonchev–Trinajstić information content (AvgIpc) is 2.78. The number of hydrogen-bond donors (Lipinski definition) is 1. The first-order valence-corrected chi connectivity index (χ1v) is 6.15. The van der Waals surface area contributed by atoms with Gasteiger partial charge < -0.3 is 5.32 Å². The van der Waals surface area contributed by atoms with Gasteiger partial charge in [-0.3, -0.25) is 0 Å². The van der Waals surface area contributed by atoms with E-state index in [-0.39, 0.29) is 0 Å². The minimum Gasteiger partial charge on any atom is -0.311 e. The first-order chi connectivity index (χ1) is 7.45. The molecule has 3 rings (SSSR count). The molecule has 1 aromatic carbocycles. The van der Waals surface area contributed by atoms with Crippen molar-refractivity contribution in [3.63, 3.8) is 0 Å². The van der Waals surface area contributed by atoms with Gasteiger partial charge in [0.2, 0.25) is 0 Å². The van der Waals surface area contributed by atoms with Gasteiger partial charge in [-0.1, -0.05) is 30.3 Å². The van der Waals surface area contributed by atoms with Crippen LogP contribution in [0.5, 0.6) is 0 Å². The van der Waals surface area contributed by atoms with E-state index in [0.29, 0.717) is 5.92 Å². The third-order valence-corrected chi connectivity index (χ3v) is 3.93. The topological polar surface area (TPSA) is 12.0 Å². The molecule has 2 aromatic rings. The Bertz CT molecular complexity index is 447. The summed E-state index contributed by atoms with van der Waals surface area (Å²) >= 11 is 1.86. The maximum absolute atomic E-state index is 3.49. The van der Waals surface area contributed by atoms with Crippen LogP contribution in [0, 0.1) is 0 Å². The monoisotopic (exact) mass is 215 g/mol. The van der Waals surface area contributed by atoms with Crippen LogP contribution in [0.3, 0.4) is 0 Å². The lowest BCUT2D eigenvalue weighted by Crippen LogP contribution is -2.27. The Balaban J connectivity index is 2.03. The van der Waals surface area contributed by atoms with Crippen LogP contribution in [0.2, 0.25) is 0 Å². The average molecular weight is 215 g/mol. The third-order valence-electron chi connectivity index (χ3n) is 2.99. The van der Waals surface area contributed by atoms with Crippen molar-refractivity contribution in [2.45, 2.75) is 12.5 Å². The predicted molar refractivity (Wildman–Crippen MR) is 64.3 cm³/mol. The van der Waals surface area contributed by atoms with Crippen LogP contribution in [-0.2, 0) is 6.54 Å². The fourth-order valence-corrected chi connectivity index (χ4v) is 3.14. The van der Waals surface area contributed by atoms with Crippen LogP contribution in [-0.4, -0.2) is 6.54 Å². The first-order valence-electron chi connectivity index (χ1n) is 5.27. The lowest BCUT2D eigenvalue weighted by molar-refractivity contribution is 0.600. The number of nitrogens with one attached hydrogen (secondary N) is 1. The molecule has 0 bridgehead atoms. The summed E-state index contributed by atoms with van der Waals surface area (Å²) in [7, 11) is 0. The summed E-state index contributed by atoms with van der Waals surface area (Å²) in [6.07, 6.45) is 0. The van der Waals surface area contributed by atoms with E-state index in [4.69, 9.17) is 0 Å². The molecule has 1 atom stereocenters. The summed E-state index contributed by atoms with van der Waals surface area (Å²) in [6.45, 7) is 2.10. The molecule has 0 amide bonds. The molecule has 2 heteroatoms. The standard InChI is InChI=1S/C13H13NS/c1-2-4-10(5-3-1)12-8-14-9-13-11(12)6-7-15-13/h1-7,12,14H,8-9H2/t12-/m0/s1. The summed E-state index contributed by atoms with van der Waals surface area (Å²) in [5.41, 5.74) is 2.94. The number of benzene rings is 1. The molecule has 0 spiro atoms. The second kappa shape index (κ2) is 3.80. The summed E-state index contributed by atoms with van der Waals surface area (Å²) in [6, 6.07) is 13.0. The highest BCUT2D eigenvalue weighted by atomic mass is 32.1. The number of fused-ring (bicyclic) bond motifs is 1. The second-order valence-electron chi connectivity index (χ2n) is 3.89. The van der Waals surface area contributed by atoms with Crippen molar-refractivity contribution in [2.24, 2.45) is 0 Å². The van der Waals surface area contributed by atoms with Gasteiger partial charge >= 0.3 is 0 Å². The van der Waals surface area contributed by atoms with Crippen molar-refractivity contribution < 1.29 is 0 Å². The zero-order chi connectivity index (χ0) is 10.1. The highest BCUT2D eigenvalue weighted by molar-refractivity contribution is 7.10. The molecule has 1 aromatic heterocycles. The molecule has 0 fully saturated rings. The van der Waals surface area contributed by atoms with Crippen molar-refractivity contribution in [3.05, 3.63) is 57.8 Å². The van der Waals surface area contributed by atoms with Crippen LogP contribution >= 0.6 is 11.3 Å². The fraction of sp³-hybridized carbons (Fsp3) is 0.231. The van der Waals surface area contributed by atoms with E-state index in [9.17, 15) is 0 Å². The number of rotatable bonds is 1. The van der Waals surface area contributed by atoms with Crippen LogP contribution in [0.4, 0.5) is 0 Å². The van der Waals surface area contributed by atoms with E-state index in [1.54, 1.807) is 0 Å². The predicted octanol–water partition coefficient (Wildman–Crippen LogP) is 2.98. The molecule has 0 unspecified atom stereocenters. The Labute approximate surface area is 93.8 Å². The summed E-state index contributed by atoms with van der Waals surface area (Å²) in [4.78, 5) is 1.50. The summed E-state index contributed by atoms with van der Waals surface area (Å²) in [5, 5.41) is 5.69. The van der Waals surface area contributed by atoms with Crippen molar-refractivity contribution in [3.8, 4) is 0 Å². The van der Waals surface area contributed by atoms with Gasteiger partial charge in [-0.15, -0.1) is 11.3 Å². The minimum atomic E-state index is 0.543. The third kappa shape index (κ3) is 1.60. The van der Waals surface area contributed by atoms with Gasteiger partial charge in [0.1, 0.15) is 0 Å². The molecular weight excluding hydrogens is 202 g/mol. The Hall–Kier alpha value is -1.12. The zero-order valence-corrected chi connectivity index (χ0v) is 9.26. The van der Waals surface area contributed by atoms with Crippen LogP contribution in [0.1, 0.15) is 21.9 Å². The van der Waals surface area contributed by atoms with E-state index in [1.165, 1.54) is 16.0 Å². The molecule has 0 radical (unpaired) electrons. The lowest BCUT2D eigenvalue weighted by atomic mass is 9.89. The maximum atomic E-state index is 3.49. The fourth-order valence-electron chi connectivity index (χ4n) is 2.23. The SMILES string of the molecule is c1ccc([C@@H]2CNCc3sccc32)cc1. The molecule has 76 valence electrons. The molecule has 1 nitrogen and oxygen atoms in total. The second-order valence-corrected chi connectivity index (χ2v) is 4.89. The first kappa shape index (κ1) is 9.13. The van der Waals surface area contributed by atoms with Crippen molar-refractivity contribution >= 4 is 11.3 Å². The zero-order valence-electron chi connectivity index (χ0n) is 8.44. The van der Waals surface area contributed by atoms with Crippen LogP contribution in [0.15, 0.2) is 41.8 Å². The summed E-state index contributed by atoms with van der Waals surface area (Å²) in [5.74, 6) is 0.543. The Morgan fingerprint density at radius 1 is 1.13 bits per heavy atom. The van der Waals surface area contributed by atoms with Gasteiger partial charge in [0.15, 0.2) is 0 Å². The van der Waals surface area contributed by atoms with Crippen molar-refractivity contribution in [1.29, 1.82) is 0 Å². The molecule has 0 aliphatic carbocycles. The lowest BCUT2D eigenvalue weighted by Gasteiger charge is -2.23. The molecule has 15 heavy (non-hydrogen) atoms. The highest BCUT2D eigenvalue weighted by Gasteiger charge is 2.21. The molecule has 2 heterocycles. The number of thiophene rings is 1. The normalized spacial score (nSPS) is 19.9. The molecule has 1 aliphatic heterocycles. The van der Waals surface area contributed by atoms with Crippen LogP contribution < -0.4 is 5.32 Å². The van der Waals surface area contributed by atoms with Gasteiger partial charge in [-0.05, 0) is 22.6 Å². The van der Waals surface area contributed by atoms with Gasteiger partial charge in [-0.25, -0.2) is 0 Å². The quantitative estimate of drug-likeness (QED) is 0.771. The Morgan fingerprint density at radius 2 is 2.00 bits per heavy atom. The van der Waals surface area contributed by atoms with Crippen LogP contribution in [0.25, 0.3) is 0 Å². The number of hydrogen-bond acceptors (Lipinski definition) is 2. The highest BCUT2D eigenvalue weighted by Crippen LogP contribution is 2.32. The van der Waals surface area contributed by atoms with E-state index in [2.05, 4.69) is 47.1 Å². The maximum Gasteiger partial charge on any atom is 0.0303 e. The van der Waals surface area contributed by atoms with E-state index in [0.717, 1.165) is 13.1 Å². The Kier molecular flexibility index (Phi) is 2.31. The molecular formula is C13H13NS. The van der Waals surface area contributed by atoms with Gasteiger partial charge in [-0.2, -0.15) is 0 Å². The van der Waals surface area contributed by atoms with E-state index in [1.807, 2.05) is 11.3 Å². The molecule has 1 N–H and O–H groups in total. The van der Waals surface area contributed by atoms with Crippen molar-refractivity contribution in [2.75, 3.05) is 6.54 Å². The van der Waals surface area contributed by atoms with Crippen molar-refractivity contribution in [1.82, 2.24) is 5.32 Å².